The SMILES string of the molecule is COc1cc(Br)c(NS(=O)(=O)c2cc(Br)cc3c2NCCC3)cc1OC. The van der Waals surface area contributed by atoms with Gasteiger partial charge in [-0.05, 0) is 46.5 Å². The van der Waals surface area contributed by atoms with Gasteiger partial charge in [0.2, 0.25) is 0 Å². The van der Waals surface area contributed by atoms with Crippen molar-refractivity contribution in [1.29, 1.82) is 0 Å². The van der Waals surface area contributed by atoms with E-state index in [0.717, 1.165) is 29.4 Å². The summed E-state index contributed by atoms with van der Waals surface area (Å²) in [6.07, 6.45) is 1.81. The molecule has 0 unspecified atom stereocenters. The Kier molecular flexibility index (Phi) is 5.69. The van der Waals surface area contributed by atoms with E-state index < -0.39 is 10.0 Å². The second-order valence-corrected chi connectivity index (χ2v) is 9.18. The van der Waals surface area contributed by atoms with Gasteiger partial charge in [0.1, 0.15) is 4.90 Å². The van der Waals surface area contributed by atoms with E-state index in [0.29, 0.717) is 27.3 Å². The molecular formula is C17H18Br2N2O4S. The summed E-state index contributed by atoms with van der Waals surface area (Å²) >= 11 is 6.79. The Bertz CT molecular complexity index is 948. The van der Waals surface area contributed by atoms with Gasteiger partial charge in [0, 0.05) is 27.6 Å². The maximum atomic E-state index is 13.1. The summed E-state index contributed by atoms with van der Waals surface area (Å²) in [5, 5.41) is 3.21. The van der Waals surface area contributed by atoms with Gasteiger partial charge in [-0.2, -0.15) is 0 Å². The average molecular weight is 506 g/mol. The smallest absolute Gasteiger partial charge is 0.264 e. The van der Waals surface area contributed by atoms with Crippen LogP contribution in [0.4, 0.5) is 11.4 Å². The van der Waals surface area contributed by atoms with Crippen LogP contribution < -0.4 is 19.5 Å². The molecule has 3 rings (SSSR count). The van der Waals surface area contributed by atoms with E-state index in [9.17, 15) is 8.42 Å². The van der Waals surface area contributed by atoms with Crippen molar-refractivity contribution in [3.8, 4) is 11.5 Å². The maximum absolute atomic E-state index is 13.1. The van der Waals surface area contributed by atoms with E-state index in [1.54, 1.807) is 18.2 Å². The lowest BCUT2D eigenvalue weighted by Crippen LogP contribution is -2.20. The van der Waals surface area contributed by atoms with Crippen molar-refractivity contribution < 1.29 is 17.9 Å². The molecule has 0 bridgehead atoms. The summed E-state index contributed by atoms with van der Waals surface area (Å²) in [5.41, 5.74) is 2.01. The van der Waals surface area contributed by atoms with Crippen molar-refractivity contribution in [3.63, 3.8) is 0 Å². The van der Waals surface area contributed by atoms with Crippen LogP contribution in [0.15, 0.2) is 38.1 Å². The van der Waals surface area contributed by atoms with Gasteiger partial charge in [-0.3, -0.25) is 4.72 Å². The fraction of sp³-hybridized carbons (Fsp3) is 0.294. The minimum absolute atomic E-state index is 0.211. The fourth-order valence-corrected chi connectivity index (χ4v) is 5.40. The highest BCUT2D eigenvalue weighted by atomic mass is 79.9. The third-order valence-electron chi connectivity index (χ3n) is 4.08. The molecule has 0 fully saturated rings. The van der Waals surface area contributed by atoms with E-state index in [1.807, 2.05) is 6.07 Å². The van der Waals surface area contributed by atoms with Crippen LogP contribution >= 0.6 is 31.9 Å². The van der Waals surface area contributed by atoms with Crippen LogP contribution in [-0.4, -0.2) is 29.2 Å². The van der Waals surface area contributed by atoms with E-state index in [-0.39, 0.29) is 4.90 Å². The number of hydrogen-bond acceptors (Lipinski definition) is 5. The Hall–Kier alpha value is -1.45. The number of sulfonamides is 1. The second kappa shape index (κ2) is 7.66. The van der Waals surface area contributed by atoms with Gasteiger partial charge in [-0.25, -0.2) is 8.42 Å². The molecule has 1 heterocycles. The quantitative estimate of drug-likeness (QED) is 0.630. The van der Waals surface area contributed by atoms with Gasteiger partial charge in [0.25, 0.3) is 10.0 Å². The molecule has 0 amide bonds. The maximum Gasteiger partial charge on any atom is 0.264 e. The predicted octanol–water partition coefficient (Wildman–Crippen LogP) is 4.39. The van der Waals surface area contributed by atoms with Gasteiger partial charge in [-0.1, -0.05) is 15.9 Å². The lowest BCUT2D eigenvalue weighted by Gasteiger charge is -2.22. The molecule has 0 saturated carbocycles. The standard InChI is InChI=1S/C17H18Br2N2O4S/c1-24-14-8-12(19)13(9-15(14)25-2)21-26(22,23)16-7-11(18)6-10-4-3-5-20-17(10)16/h6-9,20-21H,3-5H2,1-2H3. The number of anilines is 2. The Labute approximate surface area is 169 Å². The lowest BCUT2D eigenvalue weighted by atomic mass is 10.0. The highest BCUT2D eigenvalue weighted by Gasteiger charge is 2.25. The van der Waals surface area contributed by atoms with Crippen LogP contribution in [0.1, 0.15) is 12.0 Å². The van der Waals surface area contributed by atoms with Gasteiger partial charge in [0.05, 0.1) is 25.6 Å². The summed E-state index contributed by atoms with van der Waals surface area (Å²) in [6.45, 7) is 0.747. The summed E-state index contributed by atoms with van der Waals surface area (Å²) < 4.78 is 40.5. The van der Waals surface area contributed by atoms with Crippen molar-refractivity contribution in [3.05, 3.63) is 38.8 Å². The summed E-state index contributed by atoms with van der Waals surface area (Å²) in [4.78, 5) is 0.211. The molecule has 0 saturated heterocycles. The largest absolute Gasteiger partial charge is 0.493 e. The second-order valence-electron chi connectivity index (χ2n) is 5.76. The van der Waals surface area contributed by atoms with Gasteiger partial charge >= 0.3 is 0 Å². The first-order valence-electron chi connectivity index (χ1n) is 7.86. The minimum Gasteiger partial charge on any atom is -0.493 e. The highest BCUT2D eigenvalue weighted by molar-refractivity contribution is 9.10. The number of aryl methyl sites for hydroxylation is 1. The Morgan fingerprint density at radius 2 is 1.77 bits per heavy atom. The molecule has 26 heavy (non-hydrogen) atoms. The number of nitrogens with one attached hydrogen (secondary N) is 2. The molecule has 2 aromatic rings. The number of benzene rings is 2. The summed E-state index contributed by atoms with van der Waals surface area (Å²) in [6, 6.07) is 6.80. The van der Waals surface area contributed by atoms with Crippen molar-refractivity contribution in [2.24, 2.45) is 0 Å². The van der Waals surface area contributed by atoms with Gasteiger partial charge in [0.15, 0.2) is 11.5 Å². The number of halogens is 2. The van der Waals surface area contributed by atoms with E-state index in [2.05, 4.69) is 41.9 Å². The molecular weight excluding hydrogens is 488 g/mol. The molecule has 0 spiro atoms. The molecule has 9 heteroatoms. The fourth-order valence-electron chi connectivity index (χ4n) is 2.87. The zero-order valence-corrected chi connectivity index (χ0v) is 18.2. The number of hydrogen-bond donors (Lipinski definition) is 2. The van der Waals surface area contributed by atoms with E-state index >= 15 is 0 Å². The monoisotopic (exact) mass is 504 g/mol. The molecule has 140 valence electrons. The molecule has 0 radical (unpaired) electrons. The minimum atomic E-state index is -3.81. The molecule has 1 aliphatic rings. The zero-order chi connectivity index (χ0) is 18.9. The lowest BCUT2D eigenvalue weighted by molar-refractivity contribution is 0.355. The molecule has 1 aliphatic heterocycles. The molecule has 0 atom stereocenters. The average Bonchev–Trinajstić information content (AvgIpc) is 2.62. The van der Waals surface area contributed by atoms with Crippen molar-refractivity contribution >= 4 is 53.3 Å². The van der Waals surface area contributed by atoms with E-state index in [1.165, 1.54) is 14.2 Å². The third-order valence-corrected chi connectivity index (χ3v) is 6.58. The Morgan fingerprint density at radius 3 is 2.46 bits per heavy atom. The van der Waals surface area contributed by atoms with Crippen LogP contribution in [0.3, 0.4) is 0 Å². The number of ether oxygens (including phenoxy) is 2. The first-order chi connectivity index (χ1) is 12.4. The van der Waals surface area contributed by atoms with Gasteiger partial charge in [-0.15, -0.1) is 0 Å². The zero-order valence-electron chi connectivity index (χ0n) is 14.2. The Morgan fingerprint density at radius 1 is 1.08 bits per heavy atom. The van der Waals surface area contributed by atoms with Crippen molar-refractivity contribution in [2.75, 3.05) is 30.8 Å². The van der Waals surface area contributed by atoms with Crippen LogP contribution in [-0.2, 0) is 16.4 Å². The number of fused-ring (bicyclic) bond motifs is 1. The molecule has 0 aromatic heterocycles. The first-order valence-corrected chi connectivity index (χ1v) is 10.9. The third kappa shape index (κ3) is 3.79. The predicted molar refractivity (Wildman–Crippen MR) is 109 cm³/mol. The molecule has 0 aliphatic carbocycles. The van der Waals surface area contributed by atoms with E-state index in [4.69, 9.17) is 9.47 Å². The number of rotatable bonds is 5. The van der Waals surface area contributed by atoms with Crippen LogP contribution in [0.5, 0.6) is 11.5 Å². The van der Waals surface area contributed by atoms with Gasteiger partial charge < -0.3 is 14.8 Å². The number of methoxy groups -OCH3 is 2. The molecule has 2 N–H and O–H groups in total. The highest BCUT2D eigenvalue weighted by Crippen LogP contribution is 2.39. The Balaban J connectivity index is 2.04. The summed E-state index contributed by atoms with van der Waals surface area (Å²) in [5.74, 6) is 0.937. The van der Waals surface area contributed by atoms with Crippen molar-refractivity contribution in [2.45, 2.75) is 17.7 Å². The molecule has 2 aromatic carbocycles. The van der Waals surface area contributed by atoms with Crippen LogP contribution in [0.2, 0.25) is 0 Å². The first kappa shape index (κ1) is 19.3. The topological polar surface area (TPSA) is 76.7 Å². The molecule has 6 nitrogen and oxygen atoms in total. The van der Waals surface area contributed by atoms with Crippen LogP contribution in [0, 0.1) is 0 Å². The summed E-state index contributed by atoms with van der Waals surface area (Å²) in [7, 11) is -0.793. The van der Waals surface area contributed by atoms with Crippen molar-refractivity contribution in [1.82, 2.24) is 0 Å². The normalized spacial score (nSPS) is 13.5. The van der Waals surface area contributed by atoms with Crippen LogP contribution in [0.25, 0.3) is 0 Å².